The van der Waals surface area contributed by atoms with Gasteiger partial charge in [0, 0.05) is 11.1 Å². The third kappa shape index (κ3) is 4.40. The van der Waals surface area contributed by atoms with Gasteiger partial charge in [0.15, 0.2) is 5.65 Å². The minimum Gasteiger partial charge on any atom is -0.496 e. The molecule has 0 aliphatic carbocycles. The van der Waals surface area contributed by atoms with Gasteiger partial charge in [-0.1, -0.05) is 30.3 Å². The number of aromatic nitrogens is 3. The minimum atomic E-state index is -2.78. The molecule has 0 atom stereocenters. The minimum absolute atomic E-state index is 0.0322. The number of nitrogens with one attached hydrogen (secondary N) is 1. The van der Waals surface area contributed by atoms with Crippen molar-refractivity contribution >= 4 is 28.3 Å². The van der Waals surface area contributed by atoms with Crippen LogP contribution in [0.5, 0.6) is 5.75 Å². The number of methoxy groups -OCH3 is 1. The highest BCUT2D eigenvalue weighted by Gasteiger charge is 2.23. The molecule has 4 rings (SSSR count). The van der Waals surface area contributed by atoms with Crippen LogP contribution >= 0.6 is 0 Å². The number of amides is 1. The van der Waals surface area contributed by atoms with Crippen LogP contribution in [0.15, 0.2) is 54.6 Å². The molecule has 0 bridgehead atoms. The van der Waals surface area contributed by atoms with Crippen molar-refractivity contribution in [1.82, 2.24) is 14.8 Å². The number of nitrogens with zero attached hydrogens (tertiary/aromatic N) is 4. The number of fused-ring (bicyclic) bond motifs is 1. The van der Waals surface area contributed by atoms with E-state index in [4.69, 9.17) is 4.74 Å². The summed E-state index contributed by atoms with van der Waals surface area (Å²) in [5.41, 5.74) is 0.743. The Labute approximate surface area is 192 Å². The number of anilines is 1. The van der Waals surface area contributed by atoms with Crippen molar-refractivity contribution in [3.8, 4) is 17.0 Å². The smallest absolute Gasteiger partial charge is 0.296 e. The van der Waals surface area contributed by atoms with Crippen LogP contribution in [0, 0.1) is 17.0 Å². The molecule has 0 aliphatic rings. The summed E-state index contributed by atoms with van der Waals surface area (Å²) >= 11 is 0. The number of alkyl halides is 2. The Morgan fingerprint density at radius 3 is 2.59 bits per heavy atom. The van der Waals surface area contributed by atoms with E-state index in [0.717, 1.165) is 0 Å². The van der Waals surface area contributed by atoms with Crippen LogP contribution in [0.25, 0.3) is 22.3 Å². The number of aryl methyl sites for hydroxylation is 1. The maximum absolute atomic E-state index is 13.9. The molecule has 11 heteroatoms. The number of halogens is 2. The Morgan fingerprint density at radius 2 is 1.94 bits per heavy atom. The van der Waals surface area contributed by atoms with Crippen LogP contribution < -0.4 is 10.1 Å². The zero-order valence-electron chi connectivity index (χ0n) is 18.2. The van der Waals surface area contributed by atoms with Crippen LogP contribution in [-0.4, -0.2) is 32.7 Å². The maximum atomic E-state index is 13.9. The van der Waals surface area contributed by atoms with Gasteiger partial charge in [-0.15, -0.1) is 0 Å². The predicted octanol–water partition coefficient (Wildman–Crippen LogP) is 4.90. The van der Waals surface area contributed by atoms with Crippen molar-refractivity contribution in [2.75, 3.05) is 12.4 Å². The van der Waals surface area contributed by atoms with Crippen molar-refractivity contribution in [3.63, 3.8) is 0 Å². The van der Waals surface area contributed by atoms with Gasteiger partial charge in [-0.05, 0) is 25.1 Å². The van der Waals surface area contributed by atoms with Gasteiger partial charge in [0.05, 0.1) is 34.9 Å². The van der Waals surface area contributed by atoms with Crippen LogP contribution in [-0.2, 0) is 11.3 Å². The quantitative estimate of drug-likeness (QED) is 0.306. The summed E-state index contributed by atoms with van der Waals surface area (Å²) in [5, 5.41) is 18.3. The zero-order chi connectivity index (χ0) is 24.4. The Balaban J connectivity index is 1.72. The van der Waals surface area contributed by atoms with Crippen molar-refractivity contribution in [1.29, 1.82) is 0 Å². The number of carbonyl (C=O) groups is 1. The van der Waals surface area contributed by atoms with Crippen molar-refractivity contribution in [2.45, 2.75) is 19.9 Å². The molecule has 0 spiro atoms. The van der Waals surface area contributed by atoms with Gasteiger partial charge in [-0.25, -0.2) is 18.4 Å². The van der Waals surface area contributed by atoms with E-state index in [0.29, 0.717) is 17.0 Å². The number of hydrogen-bond acceptors (Lipinski definition) is 6. The van der Waals surface area contributed by atoms with E-state index in [1.54, 1.807) is 37.3 Å². The molecule has 9 nitrogen and oxygen atoms in total. The van der Waals surface area contributed by atoms with Gasteiger partial charge < -0.3 is 10.1 Å². The Bertz CT molecular complexity index is 1390. The van der Waals surface area contributed by atoms with Crippen LogP contribution in [0.1, 0.15) is 17.7 Å². The molecule has 2 aromatic carbocycles. The third-order valence-corrected chi connectivity index (χ3v) is 5.18. The number of hydrogen-bond donors (Lipinski definition) is 1. The lowest BCUT2D eigenvalue weighted by molar-refractivity contribution is -0.384. The molecule has 34 heavy (non-hydrogen) atoms. The lowest BCUT2D eigenvalue weighted by Crippen LogP contribution is -2.20. The first-order valence-electron chi connectivity index (χ1n) is 10.1. The number of pyridine rings is 1. The summed E-state index contributed by atoms with van der Waals surface area (Å²) < 4.78 is 34.0. The molecule has 2 aromatic heterocycles. The highest BCUT2D eigenvalue weighted by Crippen LogP contribution is 2.33. The maximum Gasteiger partial charge on any atom is 0.296 e. The van der Waals surface area contributed by atoms with E-state index in [9.17, 15) is 23.7 Å². The molecule has 1 N–H and O–H groups in total. The first kappa shape index (κ1) is 22.8. The number of carbonyl (C=O) groups excluding carboxylic acids is 1. The second-order valence-electron chi connectivity index (χ2n) is 7.39. The van der Waals surface area contributed by atoms with Gasteiger partial charge in [0.2, 0.25) is 5.91 Å². The van der Waals surface area contributed by atoms with E-state index in [-0.39, 0.29) is 40.3 Å². The molecule has 4 aromatic rings. The number of ether oxygens (including phenoxy) is 1. The van der Waals surface area contributed by atoms with Crippen LogP contribution in [0.3, 0.4) is 0 Å². The van der Waals surface area contributed by atoms with Gasteiger partial charge in [0.1, 0.15) is 18.0 Å². The molecule has 0 radical (unpaired) electrons. The first-order chi connectivity index (χ1) is 16.3. The molecule has 0 unspecified atom stereocenters. The molecular weight excluding hydrogens is 448 g/mol. The fraction of sp³-hybridized carbons (Fsp3) is 0.174. The molecule has 0 saturated heterocycles. The first-order valence-corrected chi connectivity index (χ1v) is 10.1. The highest BCUT2D eigenvalue weighted by molar-refractivity contribution is 5.94. The molecule has 174 valence electrons. The molecule has 2 heterocycles. The Kier molecular flexibility index (Phi) is 6.17. The fourth-order valence-electron chi connectivity index (χ4n) is 3.65. The average molecular weight is 467 g/mol. The SMILES string of the molecule is COc1ccc(NC(=O)Cn2nc(C)c3c(C(F)F)cc(-c4ccccc4)nc32)c([N+](=O)[O-])c1. The standard InChI is InChI=1S/C23H19F2N5O4/c1-13-21-16(22(24)25)11-18(14-6-4-3-5-7-14)27-23(21)29(28-13)12-20(31)26-17-9-8-15(34-2)10-19(17)30(32)33/h3-11,22H,12H2,1-2H3,(H,26,31). The fourth-order valence-corrected chi connectivity index (χ4v) is 3.65. The van der Waals surface area contributed by atoms with E-state index < -0.39 is 17.3 Å². The van der Waals surface area contributed by atoms with Crippen LogP contribution in [0.4, 0.5) is 20.2 Å². The summed E-state index contributed by atoms with van der Waals surface area (Å²) in [4.78, 5) is 28.0. The molecule has 0 aliphatic heterocycles. The lowest BCUT2D eigenvalue weighted by atomic mass is 10.1. The second kappa shape index (κ2) is 9.22. The molecule has 0 saturated carbocycles. The second-order valence-corrected chi connectivity index (χ2v) is 7.39. The normalized spacial score (nSPS) is 11.1. The molecular formula is C23H19F2N5O4. The Hall–Kier alpha value is -4.41. The predicted molar refractivity (Wildman–Crippen MR) is 121 cm³/mol. The van der Waals surface area contributed by atoms with Crippen molar-refractivity contribution in [3.05, 3.63) is 76.0 Å². The number of benzene rings is 2. The van der Waals surface area contributed by atoms with Gasteiger partial charge in [-0.2, -0.15) is 5.10 Å². The van der Waals surface area contributed by atoms with Crippen LogP contribution in [0.2, 0.25) is 0 Å². The van der Waals surface area contributed by atoms with E-state index in [2.05, 4.69) is 15.4 Å². The van der Waals surface area contributed by atoms with Crippen molar-refractivity contribution < 1.29 is 23.2 Å². The summed E-state index contributed by atoms with van der Waals surface area (Å²) in [6, 6.07) is 14.1. The number of nitro groups is 1. The van der Waals surface area contributed by atoms with E-state index in [1.807, 2.05) is 0 Å². The largest absolute Gasteiger partial charge is 0.496 e. The molecule has 0 fully saturated rings. The summed E-state index contributed by atoms with van der Waals surface area (Å²) in [6.07, 6.45) is -2.78. The number of rotatable bonds is 7. The van der Waals surface area contributed by atoms with Gasteiger partial charge in [0.25, 0.3) is 12.1 Å². The van der Waals surface area contributed by atoms with E-state index >= 15 is 0 Å². The average Bonchev–Trinajstić information content (AvgIpc) is 3.13. The van der Waals surface area contributed by atoms with Gasteiger partial charge >= 0.3 is 0 Å². The van der Waals surface area contributed by atoms with E-state index in [1.165, 1.54) is 36.1 Å². The zero-order valence-corrected chi connectivity index (χ0v) is 18.2. The van der Waals surface area contributed by atoms with Gasteiger partial charge in [-0.3, -0.25) is 14.9 Å². The summed E-state index contributed by atoms with van der Waals surface area (Å²) in [7, 11) is 1.37. The van der Waals surface area contributed by atoms with Crippen molar-refractivity contribution in [2.24, 2.45) is 0 Å². The highest BCUT2D eigenvalue weighted by atomic mass is 19.3. The number of nitro benzene ring substituents is 1. The third-order valence-electron chi connectivity index (χ3n) is 5.18. The lowest BCUT2D eigenvalue weighted by Gasteiger charge is -2.10. The topological polar surface area (TPSA) is 112 Å². The Morgan fingerprint density at radius 1 is 1.21 bits per heavy atom. The summed E-state index contributed by atoms with van der Waals surface area (Å²) in [5.74, 6) is -0.376. The monoisotopic (exact) mass is 467 g/mol. The summed E-state index contributed by atoms with van der Waals surface area (Å²) in [6.45, 7) is 1.17. The molecule has 1 amide bonds.